The first-order valence-corrected chi connectivity index (χ1v) is 5.41. The van der Waals surface area contributed by atoms with Crippen LogP contribution in [0.3, 0.4) is 0 Å². The minimum atomic E-state index is 0.308. The van der Waals surface area contributed by atoms with E-state index in [4.69, 9.17) is 26.8 Å². The van der Waals surface area contributed by atoms with Gasteiger partial charge in [0.15, 0.2) is 6.79 Å². The van der Waals surface area contributed by atoms with Gasteiger partial charge in [0.05, 0.1) is 6.61 Å². The summed E-state index contributed by atoms with van der Waals surface area (Å²) in [6.07, 6.45) is 1.88. The van der Waals surface area contributed by atoms with Gasteiger partial charge in [-0.3, -0.25) is 0 Å². The predicted octanol–water partition coefficient (Wildman–Crippen LogP) is 2.10. The zero-order chi connectivity index (χ0) is 10.7. The standard InChI is InChI=1S/C11H14ClNO2/c12-10-4-3-8(2-1-5-13)11-9(10)6-14-7-15-11/h3-4H,1-2,5-7,13H2. The molecule has 1 aromatic rings. The van der Waals surface area contributed by atoms with Gasteiger partial charge in [0, 0.05) is 10.6 Å². The van der Waals surface area contributed by atoms with E-state index in [9.17, 15) is 0 Å². The number of nitrogens with two attached hydrogens (primary N) is 1. The Morgan fingerprint density at radius 2 is 2.27 bits per heavy atom. The Kier molecular flexibility index (Phi) is 3.46. The van der Waals surface area contributed by atoms with Gasteiger partial charge in [0.2, 0.25) is 0 Å². The molecule has 3 nitrogen and oxygen atoms in total. The van der Waals surface area contributed by atoms with Crippen molar-refractivity contribution in [3.63, 3.8) is 0 Å². The maximum atomic E-state index is 6.06. The lowest BCUT2D eigenvalue weighted by Gasteiger charge is -2.21. The van der Waals surface area contributed by atoms with Crippen molar-refractivity contribution >= 4 is 11.6 Å². The average molecular weight is 228 g/mol. The van der Waals surface area contributed by atoms with E-state index in [1.165, 1.54) is 5.56 Å². The van der Waals surface area contributed by atoms with Crippen LogP contribution in [0.2, 0.25) is 5.02 Å². The lowest BCUT2D eigenvalue weighted by atomic mass is 10.0. The lowest BCUT2D eigenvalue weighted by Crippen LogP contribution is -2.14. The van der Waals surface area contributed by atoms with Gasteiger partial charge in [-0.2, -0.15) is 0 Å². The Hall–Kier alpha value is -0.770. The van der Waals surface area contributed by atoms with E-state index >= 15 is 0 Å². The Morgan fingerprint density at radius 1 is 1.40 bits per heavy atom. The van der Waals surface area contributed by atoms with Crippen molar-refractivity contribution in [3.8, 4) is 5.75 Å². The molecule has 0 aliphatic carbocycles. The fourth-order valence-corrected chi connectivity index (χ4v) is 1.90. The monoisotopic (exact) mass is 227 g/mol. The van der Waals surface area contributed by atoms with Gasteiger partial charge in [0.1, 0.15) is 5.75 Å². The Balaban J connectivity index is 2.30. The highest BCUT2D eigenvalue weighted by molar-refractivity contribution is 6.31. The summed E-state index contributed by atoms with van der Waals surface area (Å²) in [5.74, 6) is 0.891. The minimum Gasteiger partial charge on any atom is -0.467 e. The molecule has 2 rings (SSSR count). The molecule has 0 unspecified atom stereocenters. The minimum absolute atomic E-state index is 0.308. The molecule has 0 amide bonds. The lowest BCUT2D eigenvalue weighted by molar-refractivity contribution is -0.0169. The zero-order valence-corrected chi connectivity index (χ0v) is 9.22. The Bertz CT molecular complexity index is 355. The summed E-state index contributed by atoms with van der Waals surface area (Å²) in [5.41, 5.74) is 7.62. The molecule has 2 N–H and O–H groups in total. The number of hydrogen-bond acceptors (Lipinski definition) is 3. The second kappa shape index (κ2) is 4.84. The maximum Gasteiger partial charge on any atom is 0.189 e. The third-order valence-corrected chi connectivity index (χ3v) is 2.82. The van der Waals surface area contributed by atoms with Crippen LogP contribution in [-0.4, -0.2) is 13.3 Å². The number of rotatable bonds is 3. The van der Waals surface area contributed by atoms with Crippen LogP contribution >= 0.6 is 11.6 Å². The molecule has 15 heavy (non-hydrogen) atoms. The van der Waals surface area contributed by atoms with E-state index < -0.39 is 0 Å². The molecule has 1 heterocycles. The third-order valence-electron chi connectivity index (χ3n) is 2.47. The largest absolute Gasteiger partial charge is 0.467 e. The number of aryl methyl sites for hydroxylation is 1. The summed E-state index contributed by atoms with van der Waals surface area (Å²) in [6.45, 7) is 1.53. The van der Waals surface area contributed by atoms with Crippen LogP contribution in [0.4, 0.5) is 0 Å². The van der Waals surface area contributed by atoms with Crippen molar-refractivity contribution in [2.75, 3.05) is 13.3 Å². The fourth-order valence-electron chi connectivity index (χ4n) is 1.70. The van der Waals surface area contributed by atoms with Crippen molar-refractivity contribution in [1.29, 1.82) is 0 Å². The number of halogens is 1. The molecule has 0 atom stereocenters. The average Bonchev–Trinajstić information content (AvgIpc) is 2.29. The van der Waals surface area contributed by atoms with Crippen LogP contribution in [0.1, 0.15) is 17.5 Å². The Morgan fingerprint density at radius 3 is 3.07 bits per heavy atom. The van der Waals surface area contributed by atoms with Crippen LogP contribution < -0.4 is 10.5 Å². The highest BCUT2D eigenvalue weighted by atomic mass is 35.5. The smallest absolute Gasteiger partial charge is 0.189 e. The third kappa shape index (κ3) is 2.25. The molecule has 0 fully saturated rings. The second-order valence-corrected chi connectivity index (χ2v) is 3.92. The summed E-state index contributed by atoms with van der Waals surface area (Å²) in [5, 5.41) is 0.709. The van der Waals surface area contributed by atoms with Crippen molar-refractivity contribution in [3.05, 3.63) is 28.3 Å². The number of fused-ring (bicyclic) bond motifs is 1. The first-order chi connectivity index (χ1) is 7.33. The zero-order valence-electron chi connectivity index (χ0n) is 8.46. The Labute approximate surface area is 94.1 Å². The SMILES string of the molecule is NCCCc1ccc(Cl)c2c1OCOC2. The number of ether oxygens (including phenoxy) is 2. The summed E-state index contributed by atoms with van der Waals surface area (Å²) in [7, 11) is 0. The predicted molar refractivity (Wildman–Crippen MR) is 59.1 cm³/mol. The molecule has 4 heteroatoms. The van der Waals surface area contributed by atoms with Gasteiger partial charge >= 0.3 is 0 Å². The van der Waals surface area contributed by atoms with Crippen LogP contribution in [0.15, 0.2) is 12.1 Å². The maximum absolute atomic E-state index is 6.06. The van der Waals surface area contributed by atoms with Gasteiger partial charge in [-0.05, 0) is 31.0 Å². The van der Waals surface area contributed by atoms with Gasteiger partial charge < -0.3 is 15.2 Å². The molecule has 1 aliphatic heterocycles. The van der Waals surface area contributed by atoms with E-state index in [1.807, 2.05) is 12.1 Å². The molecule has 1 aromatic carbocycles. The molecule has 82 valence electrons. The van der Waals surface area contributed by atoms with Crippen molar-refractivity contribution in [2.45, 2.75) is 19.4 Å². The molecular formula is C11H14ClNO2. The topological polar surface area (TPSA) is 44.5 Å². The van der Waals surface area contributed by atoms with Gasteiger partial charge in [0.25, 0.3) is 0 Å². The van der Waals surface area contributed by atoms with Gasteiger partial charge in [-0.1, -0.05) is 17.7 Å². The quantitative estimate of drug-likeness (QED) is 0.860. The summed E-state index contributed by atoms with van der Waals surface area (Å²) in [4.78, 5) is 0. The van der Waals surface area contributed by atoms with E-state index in [-0.39, 0.29) is 0 Å². The highest BCUT2D eigenvalue weighted by Crippen LogP contribution is 2.34. The summed E-state index contributed by atoms with van der Waals surface area (Å²) in [6, 6.07) is 3.90. The normalized spacial score (nSPS) is 14.5. The molecule has 0 saturated carbocycles. The first kappa shape index (κ1) is 10.7. The van der Waals surface area contributed by atoms with E-state index in [0.717, 1.165) is 24.2 Å². The molecule has 1 aliphatic rings. The second-order valence-electron chi connectivity index (χ2n) is 3.52. The fraction of sp³-hybridized carbons (Fsp3) is 0.455. The van der Waals surface area contributed by atoms with Crippen LogP contribution in [0.25, 0.3) is 0 Å². The van der Waals surface area contributed by atoms with Crippen LogP contribution in [0, 0.1) is 0 Å². The van der Waals surface area contributed by atoms with Crippen LogP contribution in [-0.2, 0) is 17.8 Å². The number of hydrogen-bond donors (Lipinski definition) is 1. The van der Waals surface area contributed by atoms with E-state index in [1.54, 1.807) is 0 Å². The molecule has 0 saturated heterocycles. The number of benzene rings is 1. The van der Waals surface area contributed by atoms with Crippen molar-refractivity contribution in [1.82, 2.24) is 0 Å². The van der Waals surface area contributed by atoms with Gasteiger partial charge in [-0.25, -0.2) is 0 Å². The van der Waals surface area contributed by atoms with Crippen molar-refractivity contribution < 1.29 is 9.47 Å². The molecular weight excluding hydrogens is 214 g/mol. The molecule has 0 aromatic heterocycles. The summed E-state index contributed by atoms with van der Waals surface area (Å²) < 4.78 is 10.7. The van der Waals surface area contributed by atoms with Crippen LogP contribution in [0.5, 0.6) is 5.75 Å². The van der Waals surface area contributed by atoms with Crippen molar-refractivity contribution in [2.24, 2.45) is 5.73 Å². The molecule has 0 spiro atoms. The van der Waals surface area contributed by atoms with Gasteiger partial charge in [-0.15, -0.1) is 0 Å². The molecule has 0 radical (unpaired) electrons. The molecule has 0 bridgehead atoms. The van der Waals surface area contributed by atoms with E-state index in [0.29, 0.717) is 25.0 Å². The summed E-state index contributed by atoms with van der Waals surface area (Å²) >= 11 is 6.06. The highest BCUT2D eigenvalue weighted by Gasteiger charge is 2.17. The van der Waals surface area contributed by atoms with E-state index in [2.05, 4.69) is 0 Å². The first-order valence-electron chi connectivity index (χ1n) is 5.04.